The fourth-order valence-corrected chi connectivity index (χ4v) is 2.94. The van der Waals surface area contributed by atoms with Gasteiger partial charge in [-0.3, -0.25) is 4.79 Å². The Labute approximate surface area is 133 Å². The van der Waals surface area contributed by atoms with Crippen LogP contribution >= 0.6 is 0 Å². The van der Waals surface area contributed by atoms with Crippen molar-refractivity contribution in [1.29, 1.82) is 0 Å². The van der Waals surface area contributed by atoms with Crippen LogP contribution in [0.4, 0.5) is 5.82 Å². The number of amides is 1. The lowest BCUT2D eigenvalue weighted by Crippen LogP contribution is -2.23. The Kier molecular flexibility index (Phi) is 3.51. The second-order valence-electron chi connectivity index (χ2n) is 5.49. The number of benzene rings is 1. The molecule has 0 aliphatic carbocycles. The third-order valence-electron chi connectivity index (χ3n) is 4.02. The van der Waals surface area contributed by atoms with Gasteiger partial charge in [0, 0.05) is 12.3 Å². The smallest absolute Gasteiger partial charge is 0.228 e. The number of hydrogen-bond donors (Lipinski definition) is 1. The Hall–Kier alpha value is -2.73. The van der Waals surface area contributed by atoms with Crippen molar-refractivity contribution in [1.82, 2.24) is 14.6 Å². The van der Waals surface area contributed by atoms with E-state index in [1.54, 1.807) is 29.0 Å². The molecule has 0 fully saturated rings. The van der Waals surface area contributed by atoms with Crippen LogP contribution in [0.1, 0.15) is 23.7 Å². The van der Waals surface area contributed by atoms with Crippen LogP contribution in [0.2, 0.25) is 0 Å². The molecule has 116 valence electrons. The van der Waals surface area contributed by atoms with Gasteiger partial charge in [0.25, 0.3) is 0 Å². The molecule has 0 unspecified atom stereocenters. The molecule has 0 spiro atoms. The number of rotatable bonds is 3. The molecule has 1 amide bonds. The molecule has 0 saturated heterocycles. The Balaban J connectivity index is 1.52. The van der Waals surface area contributed by atoms with Gasteiger partial charge in [0.05, 0.1) is 25.3 Å². The van der Waals surface area contributed by atoms with E-state index in [0.717, 1.165) is 12.0 Å². The van der Waals surface area contributed by atoms with Gasteiger partial charge in [0.15, 0.2) is 5.65 Å². The van der Waals surface area contributed by atoms with Gasteiger partial charge in [-0.1, -0.05) is 24.3 Å². The number of hydrogen-bond acceptors (Lipinski definition) is 4. The first-order valence-electron chi connectivity index (χ1n) is 7.59. The summed E-state index contributed by atoms with van der Waals surface area (Å²) in [5.74, 6) is 0.504. The second kappa shape index (κ2) is 5.81. The molecule has 2 aromatic heterocycles. The monoisotopic (exact) mass is 308 g/mol. The van der Waals surface area contributed by atoms with Crippen molar-refractivity contribution < 1.29 is 9.53 Å². The zero-order valence-corrected chi connectivity index (χ0v) is 12.5. The number of nitrogens with zero attached hydrogens (tertiary/aromatic N) is 3. The molecule has 6 heteroatoms. The van der Waals surface area contributed by atoms with Crippen LogP contribution in [0.15, 0.2) is 48.8 Å². The van der Waals surface area contributed by atoms with E-state index in [9.17, 15) is 4.79 Å². The molecule has 23 heavy (non-hydrogen) atoms. The minimum Gasteiger partial charge on any atom is -0.373 e. The SMILES string of the molecule is O=C(C[C@H]1OCCc2ccccc21)Nc1ccnc2ccnn12. The number of anilines is 1. The van der Waals surface area contributed by atoms with Gasteiger partial charge < -0.3 is 10.1 Å². The van der Waals surface area contributed by atoms with Crippen LogP contribution in [0.3, 0.4) is 0 Å². The maximum atomic E-state index is 12.4. The predicted molar refractivity (Wildman–Crippen MR) is 85.1 cm³/mol. The summed E-state index contributed by atoms with van der Waals surface area (Å²) in [6.07, 6.45) is 4.28. The van der Waals surface area contributed by atoms with Gasteiger partial charge in [-0.15, -0.1) is 0 Å². The maximum absolute atomic E-state index is 12.4. The normalized spacial score (nSPS) is 17.0. The summed E-state index contributed by atoms with van der Waals surface area (Å²) in [5.41, 5.74) is 3.06. The van der Waals surface area contributed by atoms with Gasteiger partial charge in [-0.2, -0.15) is 9.61 Å². The first kappa shape index (κ1) is 13.9. The summed E-state index contributed by atoms with van der Waals surface area (Å²) < 4.78 is 7.39. The number of carbonyl (C=O) groups is 1. The van der Waals surface area contributed by atoms with E-state index in [0.29, 0.717) is 18.1 Å². The summed E-state index contributed by atoms with van der Waals surface area (Å²) in [4.78, 5) is 16.6. The molecule has 0 radical (unpaired) electrons. The van der Waals surface area contributed by atoms with E-state index in [2.05, 4.69) is 21.5 Å². The van der Waals surface area contributed by atoms with Crippen LogP contribution in [0, 0.1) is 0 Å². The topological polar surface area (TPSA) is 68.5 Å². The minimum atomic E-state index is -0.199. The Morgan fingerprint density at radius 2 is 2.17 bits per heavy atom. The quantitative estimate of drug-likeness (QED) is 0.806. The minimum absolute atomic E-state index is 0.102. The fourth-order valence-electron chi connectivity index (χ4n) is 2.94. The zero-order valence-electron chi connectivity index (χ0n) is 12.5. The van der Waals surface area contributed by atoms with Crippen LogP contribution in [0.25, 0.3) is 5.65 Å². The van der Waals surface area contributed by atoms with Gasteiger partial charge in [0.1, 0.15) is 5.82 Å². The molecule has 0 bridgehead atoms. The Morgan fingerprint density at radius 1 is 1.26 bits per heavy atom. The van der Waals surface area contributed by atoms with E-state index in [1.807, 2.05) is 18.2 Å². The lowest BCUT2D eigenvalue weighted by Gasteiger charge is -2.25. The fraction of sp³-hybridized carbons (Fsp3) is 0.235. The van der Waals surface area contributed by atoms with Gasteiger partial charge >= 0.3 is 0 Å². The van der Waals surface area contributed by atoms with Crippen molar-refractivity contribution in [3.8, 4) is 0 Å². The molecule has 1 aliphatic rings. The van der Waals surface area contributed by atoms with Gasteiger partial charge in [0.2, 0.25) is 5.91 Å². The molecule has 3 aromatic rings. The number of aromatic nitrogens is 3. The molecule has 1 aromatic carbocycles. The average molecular weight is 308 g/mol. The second-order valence-corrected chi connectivity index (χ2v) is 5.49. The lowest BCUT2D eigenvalue weighted by atomic mass is 9.96. The van der Waals surface area contributed by atoms with E-state index < -0.39 is 0 Å². The highest BCUT2D eigenvalue weighted by atomic mass is 16.5. The van der Waals surface area contributed by atoms with Crippen LogP contribution in [-0.4, -0.2) is 27.1 Å². The highest BCUT2D eigenvalue weighted by Crippen LogP contribution is 2.29. The van der Waals surface area contributed by atoms with E-state index in [1.165, 1.54) is 5.56 Å². The molecule has 6 nitrogen and oxygen atoms in total. The highest BCUT2D eigenvalue weighted by Gasteiger charge is 2.23. The summed E-state index contributed by atoms with van der Waals surface area (Å²) in [5, 5.41) is 7.05. The molecule has 1 N–H and O–H groups in total. The van der Waals surface area contributed by atoms with E-state index in [-0.39, 0.29) is 18.4 Å². The standard InChI is InChI=1S/C17H16N4O2/c22-17(20-16-5-8-18-15-6-9-19-21(15)16)11-14-13-4-2-1-3-12(13)7-10-23-14/h1-6,8-9,14H,7,10-11H2,(H,20,22)/t14-/m1/s1. The summed E-state index contributed by atoms with van der Waals surface area (Å²) in [6, 6.07) is 11.6. The molecular formula is C17H16N4O2. The number of fused-ring (bicyclic) bond motifs is 2. The Bertz CT molecular complexity index is 858. The first-order valence-corrected chi connectivity index (χ1v) is 7.59. The Morgan fingerprint density at radius 3 is 3.13 bits per heavy atom. The zero-order chi connectivity index (χ0) is 15.6. The molecule has 1 aliphatic heterocycles. The van der Waals surface area contributed by atoms with Gasteiger partial charge in [-0.05, 0) is 23.6 Å². The van der Waals surface area contributed by atoms with Crippen molar-refractivity contribution in [2.45, 2.75) is 18.9 Å². The maximum Gasteiger partial charge on any atom is 0.228 e. The molecular weight excluding hydrogens is 292 g/mol. The largest absolute Gasteiger partial charge is 0.373 e. The van der Waals surface area contributed by atoms with Crippen LogP contribution in [-0.2, 0) is 16.0 Å². The van der Waals surface area contributed by atoms with Crippen molar-refractivity contribution in [2.75, 3.05) is 11.9 Å². The van der Waals surface area contributed by atoms with E-state index >= 15 is 0 Å². The summed E-state index contributed by atoms with van der Waals surface area (Å²) in [7, 11) is 0. The molecule has 1 atom stereocenters. The van der Waals surface area contributed by atoms with Gasteiger partial charge in [-0.25, -0.2) is 4.98 Å². The molecule has 4 rings (SSSR count). The van der Waals surface area contributed by atoms with Crippen molar-refractivity contribution in [3.63, 3.8) is 0 Å². The number of ether oxygens (including phenoxy) is 1. The third kappa shape index (κ3) is 2.68. The first-order chi connectivity index (χ1) is 11.3. The molecule has 3 heterocycles. The number of carbonyl (C=O) groups excluding carboxylic acids is 1. The van der Waals surface area contributed by atoms with Crippen LogP contribution in [0.5, 0.6) is 0 Å². The summed E-state index contributed by atoms with van der Waals surface area (Å²) in [6.45, 7) is 0.646. The van der Waals surface area contributed by atoms with Crippen molar-refractivity contribution in [2.24, 2.45) is 0 Å². The highest BCUT2D eigenvalue weighted by molar-refractivity contribution is 5.90. The molecule has 0 saturated carbocycles. The van der Waals surface area contributed by atoms with Crippen molar-refractivity contribution >= 4 is 17.4 Å². The average Bonchev–Trinajstić information content (AvgIpc) is 3.05. The summed E-state index contributed by atoms with van der Waals surface area (Å²) >= 11 is 0. The van der Waals surface area contributed by atoms with Crippen LogP contribution < -0.4 is 5.32 Å². The van der Waals surface area contributed by atoms with E-state index in [4.69, 9.17) is 4.74 Å². The predicted octanol–water partition coefficient (Wildman–Crippen LogP) is 2.37. The lowest BCUT2D eigenvalue weighted by molar-refractivity contribution is -0.119. The third-order valence-corrected chi connectivity index (χ3v) is 4.02. The van der Waals surface area contributed by atoms with Crippen molar-refractivity contribution in [3.05, 3.63) is 59.9 Å². The number of nitrogens with one attached hydrogen (secondary N) is 1.